The van der Waals surface area contributed by atoms with Crippen LogP contribution < -0.4 is 0 Å². The molecule has 4 aliphatic rings. The number of esters is 2. The molecule has 0 radical (unpaired) electrons. The fourth-order valence-electron chi connectivity index (χ4n) is 8.68. The van der Waals surface area contributed by atoms with Gasteiger partial charge in [0.05, 0.1) is 18.4 Å². The highest BCUT2D eigenvalue weighted by molar-refractivity contribution is 5.98. The van der Waals surface area contributed by atoms with E-state index in [-0.39, 0.29) is 28.9 Å². The van der Waals surface area contributed by atoms with E-state index in [9.17, 15) is 9.59 Å². The van der Waals surface area contributed by atoms with Gasteiger partial charge in [0.15, 0.2) is 0 Å². The highest BCUT2D eigenvalue weighted by Crippen LogP contribution is 2.64. The smallest absolute Gasteiger partial charge is 0.340 e. The van der Waals surface area contributed by atoms with Gasteiger partial charge in [-0.25, -0.2) is 4.79 Å². The van der Waals surface area contributed by atoms with E-state index >= 15 is 0 Å². The molecule has 194 valence electrons. The molecule has 6 atom stereocenters. The van der Waals surface area contributed by atoms with Gasteiger partial charge in [0.1, 0.15) is 6.10 Å². The lowest BCUT2D eigenvalue weighted by atomic mass is 9.47. The third-order valence-electron chi connectivity index (χ3n) is 10.4. The number of ether oxygens (including phenoxy) is 2. The summed E-state index contributed by atoms with van der Waals surface area (Å²) in [6.07, 6.45) is 11.6. The minimum Gasteiger partial charge on any atom is -0.465 e. The van der Waals surface area contributed by atoms with Crippen LogP contribution in [0, 0.1) is 23.2 Å². The Morgan fingerprint density at radius 3 is 2.49 bits per heavy atom. The number of hydrogen-bond acceptors (Lipinski definition) is 5. The largest absolute Gasteiger partial charge is 0.465 e. The minimum atomic E-state index is -0.284. The molecule has 1 aromatic heterocycles. The number of allylic oxidation sites excluding steroid dienone is 1. The molecule has 1 aromatic carbocycles. The molecule has 1 heterocycles. The summed E-state index contributed by atoms with van der Waals surface area (Å²) in [5.74, 6) is 1.19. The molecule has 0 saturated heterocycles. The van der Waals surface area contributed by atoms with Crippen LogP contribution in [-0.4, -0.2) is 30.1 Å². The van der Waals surface area contributed by atoms with E-state index in [4.69, 9.17) is 14.5 Å². The number of pyridine rings is 1. The second kappa shape index (κ2) is 8.82. The number of carbonyl (C=O) groups excluding carboxylic acids is 2. The van der Waals surface area contributed by atoms with Crippen molar-refractivity contribution in [2.45, 2.75) is 77.2 Å². The Balaban J connectivity index is 1.39. The SMILES string of the molecule is COC(=O)c1c(-c2ccccc2)ncc2c1[C@@]1(C)CC[C@H]3[C@H](CC=C4C[C@@H](OC(C)=O)CC[C@@]43C)[C@@H]1C2. The van der Waals surface area contributed by atoms with Gasteiger partial charge < -0.3 is 9.47 Å². The fraction of sp³-hybridized carbons (Fsp3) is 0.531. The van der Waals surface area contributed by atoms with Crippen molar-refractivity contribution in [1.29, 1.82) is 0 Å². The Morgan fingerprint density at radius 1 is 1.00 bits per heavy atom. The normalized spacial score (nSPS) is 33.8. The lowest BCUT2D eigenvalue weighted by Gasteiger charge is -2.57. The van der Waals surface area contributed by atoms with Gasteiger partial charge in [0, 0.05) is 25.1 Å². The van der Waals surface area contributed by atoms with Crippen molar-refractivity contribution < 1.29 is 19.1 Å². The molecular weight excluding hydrogens is 462 g/mol. The lowest BCUT2D eigenvalue weighted by Crippen LogP contribution is -2.51. The Hall–Kier alpha value is -2.95. The number of hydrogen-bond donors (Lipinski definition) is 0. The summed E-state index contributed by atoms with van der Waals surface area (Å²) in [6.45, 7) is 6.36. The maximum atomic E-state index is 13.3. The number of fused-ring (bicyclic) bond motifs is 7. The molecule has 0 aliphatic heterocycles. The number of aromatic nitrogens is 1. The standard InChI is InChI=1S/C32H37NO4/c1-19(34)37-23-12-14-31(2)22(17-23)10-11-24-25(31)13-15-32(3)26(24)16-21-18-33-29(20-8-6-5-7-9-20)27(28(21)32)30(35)36-4/h5-10,18,23-26H,11-17H2,1-4H3/t23-,24-,25-,26-,31-,32-/m0/s1. The number of carbonyl (C=O) groups is 2. The summed E-state index contributed by atoms with van der Waals surface area (Å²) in [7, 11) is 1.47. The van der Waals surface area contributed by atoms with Gasteiger partial charge >= 0.3 is 11.9 Å². The first-order valence-electron chi connectivity index (χ1n) is 13.8. The molecule has 6 rings (SSSR count). The van der Waals surface area contributed by atoms with Gasteiger partial charge in [-0.15, -0.1) is 0 Å². The average molecular weight is 500 g/mol. The van der Waals surface area contributed by atoms with Crippen LogP contribution in [0.5, 0.6) is 0 Å². The molecule has 0 amide bonds. The molecule has 2 fully saturated rings. The van der Waals surface area contributed by atoms with Crippen LogP contribution in [0.3, 0.4) is 0 Å². The molecule has 0 bridgehead atoms. The molecule has 0 unspecified atom stereocenters. The first-order chi connectivity index (χ1) is 17.8. The quantitative estimate of drug-likeness (QED) is 0.359. The molecule has 5 heteroatoms. The van der Waals surface area contributed by atoms with E-state index in [1.165, 1.54) is 30.7 Å². The zero-order chi connectivity index (χ0) is 25.9. The van der Waals surface area contributed by atoms with Crippen LogP contribution in [0.4, 0.5) is 0 Å². The summed E-state index contributed by atoms with van der Waals surface area (Å²) >= 11 is 0. The Kier molecular flexibility index (Phi) is 5.81. The molecule has 0 N–H and O–H groups in total. The highest BCUT2D eigenvalue weighted by Gasteiger charge is 2.58. The molecular formula is C32H37NO4. The zero-order valence-electron chi connectivity index (χ0n) is 22.4. The second-order valence-corrected chi connectivity index (χ2v) is 12.1. The summed E-state index contributed by atoms with van der Waals surface area (Å²) < 4.78 is 11.0. The van der Waals surface area contributed by atoms with E-state index < -0.39 is 0 Å². The molecule has 37 heavy (non-hydrogen) atoms. The minimum absolute atomic E-state index is 0.0167. The first kappa shape index (κ1) is 24.4. The predicted octanol–water partition coefficient (Wildman–Crippen LogP) is 6.44. The van der Waals surface area contributed by atoms with Gasteiger partial charge in [0.2, 0.25) is 0 Å². The van der Waals surface area contributed by atoms with Crippen molar-refractivity contribution in [3.05, 3.63) is 64.9 Å². The third kappa shape index (κ3) is 3.68. The van der Waals surface area contributed by atoms with E-state index in [0.29, 0.717) is 23.3 Å². The van der Waals surface area contributed by atoms with E-state index in [1.807, 2.05) is 36.5 Å². The lowest BCUT2D eigenvalue weighted by molar-refractivity contribution is -0.148. The van der Waals surface area contributed by atoms with Crippen LogP contribution in [0.2, 0.25) is 0 Å². The van der Waals surface area contributed by atoms with Crippen molar-refractivity contribution in [3.8, 4) is 11.3 Å². The molecule has 2 saturated carbocycles. The molecule has 0 spiro atoms. The first-order valence-corrected chi connectivity index (χ1v) is 13.8. The average Bonchev–Trinajstić information content (AvgIpc) is 3.21. The molecule has 4 aliphatic carbocycles. The molecule has 2 aromatic rings. The Bertz CT molecular complexity index is 1280. The Morgan fingerprint density at radius 2 is 1.76 bits per heavy atom. The number of rotatable bonds is 3. The van der Waals surface area contributed by atoms with Gasteiger partial charge in [-0.3, -0.25) is 9.78 Å². The van der Waals surface area contributed by atoms with Crippen molar-refractivity contribution in [1.82, 2.24) is 4.98 Å². The van der Waals surface area contributed by atoms with Crippen molar-refractivity contribution in [3.63, 3.8) is 0 Å². The summed E-state index contributed by atoms with van der Waals surface area (Å²) in [6, 6.07) is 10.0. The monoisotopic (exact) mass is 499 g/mol. The fourth-order valence-corrected chi connectivity index (χ4v) is 8.68. The number of methoxy groups -OCH3 is 1. The van der Waals surface area contributed by atoms with Gasteiger partial charge in [-0.2, -0.15) is 0 Å². The second-order valence-electron chi connectivity index (χ2n) is 12.1. The van der Waals surface area contributed by atoms with Crippen LogP contribution in [-0.2, 0) is 26.1 Å². The number of benzene rings is 1. The maximum Gasteiger partial charge on any atom is 0.340 e. The summed E-state index contributed by atoms with van der Waals surface area (Å²) in [5, 5.41) is 0. The third-order valence-corrected chi connectivity index (χ3v) is 10.4. The Labute approximate surface area is 219 Å². The van der Waals surface area contributed by atoms with E-state index in [1.54, 1.807) is 0 Å². The zero-order valence-corrected chi connectivity index (χ0v) is 22.4. The highest BCUT2D eigenvalue weighted by atomic mass is 16.5. The summed E-state index contributed by atoms with van der Waals surface area (Å²) in [4.78, 5) is 29.7. The van der Waals surface area contributed by atoms with Gasteiger partial charge in [0.25, 0.3) is 0 Å². The van der Waals surface area contributed by atoms with Crippen molar-refractivity contribution >= 4 is 11.9 Å². The van der Waals surface area contributed by atoms with Gasteiger partial charge in [-0.05, 0) is 78.2 Å². The van der Waals surface area contributed by atoms with Crippen LogP contribution in [0.25, 0.3) is 11.3 Å². The maximum absolute atomic E-state index is 13.3. The van der Waals surface area contributed by atoms with Crippen LogP contribution >= 0.6 is 0 Å². The molecule has 5 nitrogen and oxygen atoms in total. The number of nitrogens with zero attached hydrogens (tertiary/aromatic N) is 1. The predicted molar refractivity (Wildman–Crippen MR) is 142 cm³/mol. The van der Waals surface area contributed by atoms with E-state index in [0.717, 1.165) is 56.2 Å². The van der Waals surface area contributed by atoms with Crippen molar-refractivity contribution in [2.75, 3.05) is 7.11 Å². The van der Waals surface area contributed by atoms with Crippen LogP contribution in [0.1, 0.15) is 80.8 Å². The van der Waals surface area contributed by atoms with Crippen LogP contribution in [0.15, 0.2) is 48.2 Å². The van der Waals surface area contributed by atoms with Crippen molar-refractivity contribution in [2.24, 2.45) is 23.2 Å². The summed E-state index contributed by atoms with van der Waals surface area (Å²) in [5.41, 5.74) is 6.31. The van der Waals surface area contributed by atoms with E-state index in [2.05, 4.69) is 19.9 Å². The van der Waals surface area contributed by atoms with Gasteiger partial charge in [-0.1, -0.05) is 55.8 Å². The topological polar surface area (TPSA) is 65.5 Å².